The summed E-state index contributed by atoms with van der Waals surface area (Å²) in [5, 5.41) is 0. The second-order valence-electron chi connectivity index (χ2n) is 4.41. The summed E-state index contributed by atoms with van der Waals surface area (Å²) in [7, 11) is 0. The summed E-state index contributed by atoms with van der Waals surface area (Å²) >= 11 is 0. The number of benzene rings is 1. The Bertz CT molecular complexity index is 578. The van der Waals surface area contributed by atoms with E-state index in [4.69, 9.17) is 0 Å². The van der Waals surface area contributed by atoms with Crippen LogP contribution in [0.5, 0.6) is 0 Å². The Morgan fingerprint density at radius 2 is 1.76 bits per heavy atom. The van der Waals surface area contributed by atoms with Crippen LogP contribution in [0.2, 0.25) is 0 Å². The van der Waals surface area contributed by atoms with E-state index in [1.54, 1.807) is 9.13 Å². The van der Waals surface area contributed by atoms with Crippen LogP contribution in [0.4, 0.5) is 0 Å². The number of aryl methyl sites for hydroxylation is 3. The minimum Gasteiger partial charge on any atom is -0.300 e. The second-order valence-corrected chi connectivity index (χ2v) is 4.41. The molecular formula is C14H18N2O. The molecule has 0 bridgehead atoms. The van der Waals surface area contributed by atoms with Crippen molar-refractivity contribution in [3.05, 3.63) is 57.8 Å². The highest BCUT2D eigenvalue weighted by Crippen LogP contribution is 2.10. The summed E-state index contributed by atoms with van der Waals surface area (Å²) in [4.78, 5) is 11.9. The Morgan fingerprint density at radius 3 is 2.35 bits per heavy atom. The molecule has 0 amide bonds. The predicted octanol–water partition coefficient (Wildman–Crippen LogP) is 2.33. The monoisotopic (exact) mass is 230 g/mol. The molecule has 0 aliphatic heterocycles. The average molecular weight is 230 g/mol. The van der Waals surface area contributed by atoms with Gasteiger partial charge in [0, 0.05) is 18.9 Å². The Labute approximate surface area is 101 Å². The van der Waals surface area contributed by atoms with Crippen LogP contribution < -0.4 is 5.69 Å². The first kappa shape index (κ1) is 11.7. The van der Waals surface area contributed by atoms with Gasteiger partial charge in [-0.3, -0.25) is 9.13 Å². The molecule has 3 nitrogen and oxygen atoms in total. The van der Waals surface area contributed by atoms with Crippen molar-refractivity contribution in [1.82, 2.24) is 9.13 Å². The van der Waals surface area contributed by atoms with Crippen LogP contribution in [0.25, 0.3) is 0 Å². The van der Waals surface area contributed by atoms with Crippen molar-refractivity contribution in [2.75, 3.05) is 0 Å². The lowest BCUT2D eigenvalue weighted by molar-refractivity contribution is 0.668. The van der Waals surface area contributed by atoms with Gasteiger partial charge in [0.05, 0.1) is 6.54 Å². The molecule has 0 aliphatic rings. The molecule has 3 heteroatoms. The third-order valence-electron chi connectivity index (χ3n) is 3.18. The molecule has 0 radical (unpaired) electrons. The summed E-state index contributed by atoms with van der Waals surface area (Å²) in [6, 6.07) is 6.33. The van der Waals surface area contributed by atoms with Crippen LogP contribution in [-0.4, -0.2) is 9.13 Å². The van der Waals surface area contributed by atoms with Gasteiger partial charge < -0.3 is 0 Å². The first-order valence-corrected chi connectivity index (χ1v) is 5.93. The molecule has 2 aromatic rings. The third kappa shape index (κ3) is 2.33. The lowest BCUT2D eigenvalue weighted by Crippen LogP contribution is -2.23. The first-order chi connectivity index (χ1) is 8.11. The Hall–Kier alpha value is -1.77. The van der Waals surface area contributed by atoms with E-state index < -0.39 is 0 Å². The average Bonchev–Trinajstić information content (AvgIpc) is 2.65. The number of aromatic nitrogens is 2. The van der Waals surface area contributed by atoms with Gasteiger partial charge >= 0.3 is 5.69 Å². The van der Waals surface area contributed by atoms with Crippen molar-refractivity contribution in [3.8, 4) is 0 Å². The van der Waals surface area contributed by atoms with Crippen molar-refractivity contribution in [2.24, 2.45) is 0 Å². The van der Waals surface area contributed by atoms with Gasteiger partial charge in [-0.2, -0.15) is 0 Å². The molecule has 1 aromatic heterocycles. The van der Waals surface area contributed by atoms with E-state index in [-0.39, 0.29) is 5.69 Å². The number of hydrogen-bond acceptors (Lipinski definition) is 1. The van der Waals surface area contributed by atoms with Crippen molar-refractivity contribution >= 4 is 0 Å². The van der Waals surface area contributed by atoms with Gasteiger partial charge in [0.1, 0.15) is 0 Å². The highest BCUT2D eigenvalue weighted by atomic mass is 16.1. The second kappa shape index (κ2) is 4.62. The first-order valence-electron chi connectivity index (χ1n) is 5.93. The number of rotatable bonds is 3. The fraction of sp³-hybridized carbons (Fsp3) is 0.357. The van der Waals surface area contributed by atoms with Crippen molar-refractivity contribution < 1.29 is 0 Å². The van der Waals surface area contributed by atoms with Gasteiger partial charge in [-0.05, 0) is 37.5 Å². The molecule has 0 saturated carbocycles. The Morgan fingerprint density at radius 1 is 1.06 bits per heavy atom. The minimum absolute atomic E-state index is 0.0609. The zero-order valence-electron chi connectivity index (χ0n) is 10.6. The van der Waals surface area contributed by atoms with Crippen LogP contribution in [0.3, 0.4) is 0 Å². The van der Waals surface area contributed by atoms with Gasteiger partial charge in [0.2, 0.25) is 0 Å². The van der Waals surface area contributed by atoms with E-state index in [1.807, 2.05) is 19.3 Å². The molecule has 1 heterocycles. The molecule has 90 valence electrons. The fourth-order valence-electron chi connectivity index (χ4n) is 1.91. The zero-order valence-corrected chi connectivity index (χ0v) is 10.6. The summed E-state index contributed by atoms with van der Waals surface area (Å²) in [6.45, 7) is 7.53. The number of hydrogen-bond donors (Lipinski definition) is 0. The Balaban J connectivity index is 2.28. The normalized spacial score (nSPS) is 10.8. The van der Waals surface area contributed by atoms with Crippen LogP contribution in [-0.2, 0) is 13.1 Å². The highest BCUT2D eigenvalue weighted by Gasteiger charge is 2.03. The summed E-state index contributed by atoms with van der Waals surface area (Å²) < 4.78 is 3.45. The minimum atomic E-state index is 0.0609. The van der Waals surface area contributed by atoms with Gasteiger partial charge in [-0.1, -0.05) is 18.2 Å². The molecule has 2 rings (SSSR count). The van der Waals surface area contributed by atoms with Crippen LogP contribution >= 0.6 is 0 Å². The molecule has 0 unspecified atom stereocenters. The molecule has 1 aromatic carbocycles. The molecule has 0 fully saturated rings. The maximum atomic E-state index is 11.9. The topological polar surface area (TPSA) is 26.9 Å². The maximum absolute atomic E-state index is 11.9. The van der Waals surface area contributed by atoms with E-state index >= 15 is 0 Å². The van der Waals surface area contributed by atoms with Crippen LogP contribution in [0.1, 0.15) is 23.6 Å². The highest BCUT2D eigenvalue weighted by molar-refractivity contribution is 5.30. The summed E-state index contributed by atoms with van der Waals surface area (Å²) in [5.74, 6) is 0. The molecule has 0 aliphatic carbocycles. The fourth-order valence-corrected chi connectivity index (χ4v) is 1.91. The predicted molar refractivity (Wildman–Crippen MR) is 69.4 cm³/mol. The molecule has 0 spiro atoms. The summed E-state index contributed by atoms with van der Waals surface area (Å²) in [5.41, 5.74) is 3.78. The third-order valence-corrected chi connectivity index (χ3v) is 3.18. The standard InChI is InChI=1S/C14H18N2O/c1-4-15-7-8-16(14(15)17)10-13-6-5-11(2)12(3)9-13/h5-9H,4,10H2,1-3H3. The zero-order chi connectivity index (χ0) is 12.4. The lowest BCUT2D eigenvalue weighted by atomic mass is 10.1. The molecule has 0 N–H and O–H groups in total. The largest absolute Gasteiger partial charge is 0.328 e. The van der Waals surface area contributed by atoms with Gasteiger partial charge in [0.15, 0.2) is 0 Å². The molecule has 0 saturated heterocycles. The van der Waals surface area contributed by atoms with Crippen LogP contribution in [0.15, 0.2) is 35.4 Å². The quantitative estimate of drug-likeness (QED) is 0.795. The molecule has 17 heavy (non-hydrogen) atoms. The Kier molecular flexibility index (Phi) is 3.18. The number of nitrogens with zero attached hydrogens (tertiary/aromatic N) is 2. The maximum Gasteiger partial charge on any atom is 0.328 e. The van der Waals surface area contributed by atoms with Gasteiger partial charge in [0.25, 0.3) is 0 Å². The smallest absolute Gasteiger partial charge is 0.300 e. The lowest BCUT2D eigenvalue weighted by Gasteiger charge is -2.05. The summed E-state index contributed by atoms with van der Waals surface area (Å²) in [6.07, 6.45) is 3.68. The van der Waals surface area contributed by atoms with Crippen LogP contribution in [0, 0.1) is 13.8 Å². The van der Waals surface area contributed by atoms with E-state index in [0.717, 1.165) is 6.54 Å². The van der Waals surface area contributed by atoms with Crippen molar-refractivity contribution in [2.45, 2.75) is 33.9 Å². The van der Waals surface area contributed by atoms with Gasteiger partial charge in [-0.15, -0.1) is 0 Å². The molecule has 0 atom stereocenters. The van der Waals surface area contributed by atoms with Crippen molar-refractivity contribution in [3.63, 3.8) is 0 Å². The van der Waals surface area contributed by atoms with Gasteiger partial charge in [-0.25, -0.2) is 4.79 Å². The van der Waals surface area contributed by atoms with E-state index in [9.17, 15) is 4.79 Å². The SMILES string of the molecule is CCn1ccn(Cc2ccc(C)c(C)c2)c1=O. The van der Waals surface area contributed by atoms with E-state index in [0.29, 0.717) is 6.54 Å². The van der Waals surface area contributed by atoms with Crippen molar-refractivity contribution in [1.29, 1.82) is 0 Å². The van der Waals surface area contributed by atoms with E-state index in [2.05, 4.69) is 32.0 Å². The number of imidazole rings is 1. The van der Waals surface area contributed by atoms with E-state index in [1.165, 1.54) is 16.7 Å². The molecular weight excluding hydrogens is 212 g/mol.